The van der Waals surface area contributed by atoms with Crippen molar-refractivity contribution in [2.75, 3.05) is 0 Å². The molecule has 0 aliphatic heterocycles. The van der Waals surface area contributed by atoms with Crippen LogP contribution in [0.25, 0.3) is 0 Å². The summed E-state index contributed by atoms with van der Waals surface area (Å²) in [7, 11) is 0. The fraction of sp³-hybridized carbons (Fsp3) is 0.929. The van der Waals surface area contributed by atoms with E-state index in [4.69, 9.17) is 0 Å². The van der Waals surface area contributed by atoms with Gasteiger partial charge in [-0.1, -0.05) is 72.5 Å². The molecule has 0 amide bonds. The van der Waals surface area contributed by atoms with Gasteiger partial charge in [0.1, 0.15) is 0 Å². The molecule has 0 heteroatoms. The first-order valence-corrected chi connectivity index (χ1v) is 13.0. The summed E-state index contributed by atoms with van der Waals surface area (Å²) in [5.74, 6) is 6.70. The molecule has 0 aromatic heterocycles. The fourth-order valence-corrected chi connectivity index (χ4v) is 8.82. The normalized spacial score (nSPS) is 46.5. The minimum Gasteiger partial charge on any atom is -0.0842 e. The lowest BCUT2D eigenvalue weighted by molar-refractivity contribution is -0.107. The first-order chi connectivity index (χ1) is 13.3. The maximum Gasteiger partial charge on any atom is 0 e. The van der Waals surface area contributed by atoms with E-state index in [1.807, 2.05) is 5.57 Å². The van der Waals surface area contributed by atoms with Gasteiger partial charge in [-0.15, -0.1) is 0 Å². The molecule has 0 aromatic carbocycles. The Labute approximate surface area is 180 Å². The molecule has 0 bridgehead atoms. The summed E-state index contributed by atoms with van der Waals surface area (Å²) in [6.45, 7) is 15.2. The Bertz CT molecular complexity index is 599. The minimum atomic E-state index is 0. The Morgan fingerprint density at radius 2 is 1.79 bits per heavy atom. The third-order valence-electron chi connectivity index (χ3n) is 10.5. The van der Waals surface area contributed by atoms with E-state index in [1.54, 1.807) is 6.42 Å². The molecule has 4 aliphatic carbocycles. The van der Waals surface area contributed by atoms with Gasteiger partial charge in [0.25, 0.3) is 0 Å². The third-order valence-corrected chi connectivity index (χ3v) is 10.5. The smallest absolute Gasteiger partial charge is 0 e. The number of allylic oxidation sites excluding steroid dienone is 2. The van der Waals surface area contributed by atoms with Crippen molar-refractivity contribution in [1.29, 1.82) is 0 Å². The zero-order valence-corrected chi connectivity index (χ0v) is 19.9. The number of hydrogen-bond acceptors (Lipinski definition) is 0. The molecule has 5 unspecified atom stereocenters. The minimum absolute atomic E-state index is 0. The molecular formula is C28H54. The van der Waals surface area contributed by atoms with Crippen LogP contribution in [-0.2, 0) is 0 Å². The first kappa shape index (κ1) is 21.0. The van der Waals surface area contributed by atoms with E-state index in [1.165, 1.54) is 64.2 Å². The first-order valence-electron chi connectivity index (χ1n) is 13.0. The molecule has 166 valence electrons. The summed E-state index contributed by atoms with van der Waals surface area (Å²) in [4.78, 5) is 0. The second-order valence-electron chi connectivity index (χ2n) is 12.6. The largest absolute Gasteiger partial charge is 0.0842 e. The highest BCUT2D eigenvalue weighted by Gasteiger charge is 2.58. The maximum absolute atomic E-state index is 2.74. The van der Waals surface area contributed by atoms with Gasteiger partial charge in [0.2, 0.25) is 0 Å². The highest BCUT2D eigenvalue weighted by molar-refractivity contribution is 5.27. The summed E-state index contributed by atoms with van der Waals surface area (Å²) in [5, 5.41) is 0. The van der Waals surface area contributed by atoms with E-state index in [-0.39, 0.29) is 4.28 Å². The molecule has 4 aliphatic rings. The van der Waals surface area contributed by atoms with E-state index in [9.17, 15) is 0 Å². The summed E-state index contributed by atoms with van der Waals surface area (Å²) < 4.78 is 0. The van der Waals surface area contributed by atoms with E-state index in [2.05, 4.69) is 47.6 Å². The van der Waals surface area contributed by atoms with Gasteiger partial charge in [-0.2, -0.15) is 0 Å². The van der Waals surface area contributed by atoms with E-state index >= 15 is 0 Å². The van der Waals surface area contributed by atoms with Crippen LogP contribution in [0.15, 0.2) is 11.6 Å². The third kappa shape index (κ3) is 3.43. The van der Waals surface area contributed by atoms with Crippen LogP contribution in [-0.4, -0.2) is 0 Å². The highest BCUT2D eigenvalue weighted by Crippen LogP contribution is 2.67. The van der Waals surface area contributed by atoms with Crippen molar-refractivity contribution >= 4 is 0 Å². The summed E-state index contributed by atoms with van der Waals surface area (Å²) in [6.07, 6.45) is 19.0. The Morgan fingerprint density at radius 1 is 1.00 bits per heavy atom. The lowest BCUT2D eigenvalue weighted by atomic mass is 9.44. The molecule has 8 atom stereocenters. The van der Waals surface area contributed by atoms with Crippen molar-refractivity contribution in [2.45, 2.75) is 112 Å². The molecule has 4 rings (SSSR count). The molecule has 0 spiro atoms. The lowest BCUT2D eigenvalue weighted by Gasteiger charge is -2.61. The van der Waals surface area contributed by atoms with Crippen LogP contribution in [0.3, 0.4) is 0 Å². The van der Waals surface area contributed by atoms with Gasteiger partial charge in [-0.25, -0.2) is 0 Å². The number of rotatable bonds is 5. The van der Waals surface area contributed by atoms with Crippen LogP contribution < -0.4 is 0 Å². The molecule has 3 saturated carbocycles. The molecule has 28 heavy (non-hydrogen) atoms. The maximum atomic E-state index is 2.74. The predicted molar refractivity (Wildman–Crippen MR) is 129 cm³/mol. The lowest BCUT2D eigenvalue weighted by Crippen LogP contribution is -2.53. The second kappa shape index (κ2) is 7.77. The van der Waals surface area contributed by atoms with E-state index < -0.39 is 0 Å². The van der Waals surface area contributed by atoms with Crippen molar-refractivity contribution < 1.29 is 4.28 Å². The SMILES string of the molecule is CC(C)CCCC(C)C1=CCC2[C@@H]3CCC4C[C@@H](C)CC[C@]4(C)C3CCC12C.[HH].[HH].[HH]. The summed E-state index contributed by atoms with van der Waals surface area (Å²) in [6, 6.07) is 0. The Hall–Kier alpha value is -0.260. The molecule has 0 nitrogen and oxygen atoms in total. The van der Waals surface area contributed by atoms with Gasteiger partial charge in [0.15, 0.2) is 0 Å². The standard InChI is InChI=1S/C28H48.3H2/c1-19(2)8-7-9-21(4)24-12-13-25-23-11-10-22-18-20(3)14-16-27(22,5)26(23)15-17-28(24,25)6;;;/h12,19-23,25-26H,7-11,13-18H2,1-6H3;3*1H/t20-,21?,22?,23-,25?,26?,27-,28?;;;/m0.../s1. The van der Waals surface area contributed by atoms with Gasteiger partial charge in [-0.05, 0) is 104 Å². The quantitative estimate of drug-likeness (QED) is 0.410. The van der Waals surface area contributed by atoms with Gasteiger partial charge in [-0.3, -0.25) is 0 Å². The summed E-state index contributed by atoms with van der Waals surface area (Å²) >= 11 is 0. The topological polar surface area (TPSA) is 0 Å². The molecule has 0 N–H and O–H groups in total. The van der Waals surface area contributed by atoms with Crippen molar-refractivity contribution in [2.24, 2.45) is 52.3 Å². The number of fused-ring (bicyclic) bond motifs is 5. The molecular weight excluding hydrogens is 336 g/mol. The van der Waals surface area contributed by atoms with Crippen molar-refractivity contribution in [3.8, 4) is 0 Å². The highest BCUT2D eigenvalue weighted by atomic mass is 14.6. The molecule has 0 aromatic rings. The average molecular weight is 391 g/mol. The monoisotopic (exact) mass is 390 g/mol. The zero-order chi connectivity index (χ0) is 20.1. The van der Waals surface area contributed by atoms with E-state index in [0.29, 0.717) is 10.8 Å². The van der Waals surface area contributed by atoms with Crippen LogP contribution in [0.4, 0.5) is 0 Å². The van der Waals surface area contributed by atoms with E-state index in [0.717, 1.165) is 41.4 Å². The molecule has 0 heterocycles. The van der Waals surface area contributed by atoms with Gasteiger partial charge in [0.05, 0.1) is 0 Å². The fourth-order valence-electron chi connectivity index (χ4n) is 8.82. The van der Waals surface area contributed by atoms with Gasteiger partial charge >= 0.3 is 0 Å². The van der Waals surface area contributed by atoms with Gasteiger partial charge in [0, 0.05) is 4.28 Å². The van der Waals surface area contributed by atoms with Gasteiger partial charge < -0.3 is 0 Å². The summed E-state index contributed by atoms with van der Waals surface area (Å²) in [5.41, 5.74) is 3.08. The van der Waals surface area contributed by atoms with Crippen LogP contribution >= 0.6 is 0 Å². The van der Waals surface area contributed by atoms with Crippen molar-refractivity contribution in [3.63, 3.8) is 0 Å². The van der Waals surface area contributed by atoms with Crippen LogP contribution in [0.2, 0.25) is 0 Å². The van der Waals surface area contributed by atoms with Crippen LogP contribution in [0.5, 0.6) is 0 Å². The van der Waals surface area contributed by atoms with Crippen molar-refractivity contribution in [3.05, 3.63) is 11.6 Å². The Morgan fingerprint density at radius 3 is 2.54 bits per heavy atom. The van der Waals surface area contributed by atoms with Crippen LogP contribution in [0, 0.1) is 52.3 Å². The molecule has 3 fully saturated rings. The second-order valence-corrected chi connectivity index (χ2v) is 12.6. The predicted octanol–water partition coefficient (Wildman–Crippen LogP) is 9.40. The van der Waals surface area contributed by atoms with Crippen molar-refractivity contribution in [1.82, 2.24) is 0 Å². The Kier molecular flexibility index (Phi) is 5.83. The molecule has 0 saturated heterocycles. The van der Waals surface area contributed by atoms with Crippen LogP contribution in [0.1, 0.15) is 116 Å². The average Bonchev–Trinajstić information content (AvgIpc) is 2.99. The number of hydrogen-bond donors (Lipinski definition) is 0. The Balaban J connectivity index is 0.00000160. The zero-order valence-electron chi connectivity index (χ0n) is 19.9. The molecule has 0 radical (unpaired) electrons.